The summed E-state index contributed by atoms with van der Waals surface area (Å²) in [4.78, 5) is 24.7. The Balaban J connectivity index is 2.02. The highest BCUT2D eigenvalue weighted by Gasteiger charge is 2.08. The predicted octanol–water partition coefficient (Wildman–Crippen LogP) is 3.72. The van der Waals surface area contributed by atoms with Gasteiger partial charge in [0, 0.05) is 15.3 Å². The van der Waals surface area contributed by atoms with Gasteiger partial charge in [-0.3, -0.25) is 4.79 Å². The Morgan fingerprint density at radius 3 is 2.45 bits per heavy atom. The standard InChI is InChI=1S/C17H16O4S/c1-11-9-15(12(2)22-11)16(18)8-5-13-3-6-14(7-4-13)21-10-17(19)20/h3-9H,10H2,1-2H3,(H,19,20)/b8-5+. The van der Waals surface area contributed by atoms with Gasteiger partial charge in [-0.05, 0) is 43.7 Å². The Kier molecular flexibility index (Phi) is 5.12. The monoisotopic (exact) mass is 316 g/mol. The molecule has 22 heavy (non-hydrogen) atoms. The van der Waals surface area contributed by atoms with Crippen molar-refractivity contribution in [2.24, 2.45) is 0 Å². The highest BCUT2D eigenvalue weighted by Crippen LogP contribution is 2.21. The van der Waals surface area contributed by atoms with E-state index in [1.54, 1.807) is 47.8 Å². The maximum atomic E-state index is 12.1. The number of carbonyl (C=O) groups excluding carboxylic acids is 1. The van der Waals surface area contributed by atoms with Crippen LogP contribution in [0, 0.1) is 13.8 Å². The average molecular weight is 316 g/mol. The summed E-state index contributed by atoms with van der Waals surface area (Å²) in [7, 11) is 0. The molecule has 0 radical (unpaired) electrons. The van der Waals surface area contributed by atoms with Gasteiger partial charge in [-0.15, -0.1) is 11.3 Å². The summed E-state index contributed by atoms with van der Waals surface area (Å²) in [6.07, 6.45) is 3.28. The Bertz CT molecular complexity index is 711. The molecule has 0 saturated heterocycles. The number of carbonyl (C=O) groups is 2. The van der Waals surface area contributed by atoms with Gasteiger partial charge in [0.15, 0.2) is 12.4 Å². The molecule has 1 N–H and O–H groups in total. The lowest BCUT2D eigenvalue weighted by Crippen LogP contribution is -2.09. The first-order chi connectivity index (χ1) is 10.5. The zero-order valence-electron chi connectivity index (χ0n) is 12.3. The minimum absolute atomic E-state index is 0.0203. The topological polar surface area (TPSA) is 63.6 Å². The number of hydrogen-bond donors (Lipinski definition) is 1. The first-order valence-electron chi connectivity index (χ1n) is 6.70. The van der Waals surface area contributed by atoms with Crippen molar-refractivity contribution in [1.82, 2.24) is 0 Å². The molecule has 0 saturated carbocycles. The van der Waals surface area contributed by atoms with E-state index in [0.717, 1.165) is 20.9 Å². The highest BCUT2D eigenvalue weighted by atomic mass is 32.1. The molecule has 0 amide bonds. The van der Waals surface area contributed by atoms with Gasteiger partial charge in [0.1, 0.15) is 5.75 Å². The van der Waals surface area contributed by atoms with Crippen LogP contribution in [0.5, 0.6) is 5.75 Å². The fourth-order valence-electron chi connectivity index (χ4n) is 1.96. The van der Waals surface area contributed by atoms with Crippen molar-refractivity contribution >= 4 is 29.2 Å². The average Bonchev–Trinajstić information content (AvgIpc) is 2.82. The van der Waals surface area contributed by atoms with Crippen molar-refractivity contribution in [1.29, 1.82) is 0 Å². The molecule has 114 valence electrons. The second-order valence-electron chi connectivity index (χ2n) is 4.78. The van der Waals surface area contributed by atoms with Crippen molar-refractivity contribution < 1.29 is 19.4 Å². The third kappa shape index (κ3) is 4.30. The molecule has 1 aromatic heterocycles. The normalized spacial score (nSPS) is 10.8. The number of carboxylic acids is 1. The molecule has 0 aliphatic rings. The number of thiophene rings is 1. The van der Waals surface area contributed by atoms with Gasteiger partial charge in [-0.2, -0.15) is 0 Å². The molecule has 0 aliphatic carbocycles. The lowest BCUT2D eigenvalue weighted by atomic mass is 10.1. The number of ether oxygens (including phenoxy) is 1. The van der Waals surface area contributed by atoms with Crippen LogP contribution in [-0.4, -0.2) is 23.5 Å². The van der Waals surface area contributed by atoms with Crippen LogP contribution >= 0.6 is 11.3 Å². The Labute approximate surface area is 132 Å². The third-order valence-electron chi connectivity index (χ3n) is 2.98. The molecular weight excluding hydrogens is 300 g/mol. The fourth-order valence-corrected chi connectivity index (χ4v) is 2.89. The van der Waals surface area contributed by atoms with E-state index in [-0.39, 0.29) is 12.4 Å². The van der Waals surface area contributed by atoms with Crippen LogP contribution in [0.4, 0.5) is 0 Å². The maximum absolute atomic E-state index is 12.1. The lowest BCUT2D eigenvalue weighted by molar-refractivity contribution is -0.139. The number of aliphatic carboxylic acids is 1. The number of ketones is 1. The lowest BCUT2D eigenvalue weighted by Gasteiger charge is -2.02. The predicted molar refractivity (Wildman–Crippen MR) is 86.7 cm³/mol. The first-order valence-corrected chi connectivity index (χ1v) is 7.51. The van der Waals surface area contributed by atoms with E-state index in [0.29, 0.717) is 5.75 Å². The summed E-state index contributed by atoms with van der Waals surface area (Å²) >= 11 is 1.61. The Morgan fingerprint density at radius 2 is 1.91 bits per heavy atom. The number of rotatable bonds is 6. The van der Waals surface area contributed by atoms with Crippen LogP contribution in [0.3, 0.4) is 0 Å². The number of allylic oxidation sites excluding steroid dienone is 1. The zero-order valence-corrected chi connectivity index (χ0v) is 13.1. The van der Waals surface area contributed by atoms with E-state index in [1.807, 2.05) is 19.9 Å². The van der Waals surface area contributed by atoms with E-state index in [1.165, 1.54) is 0 Å². The van der Waals surface area contributed by atoms with Crippen LogP contribution in [0.25, 0.3) is 6.08 Å². The van der Waals surface area contributed by atoms with Crippen LogP contribution in [-0.2, 0) is 4.79 Å². The second kappa shape index (κ2) is 7.04. The summed E-state index contributed by atoms with van der Waals surface area (Å²) in [5, 5.41) is 8.53. The minimum atomic E-state index is -1.02. The quantitative estimate of drug-likeness (QED) is 0.651. The van der Waals surface area contributed by atoms with E-state index in [9.17, 15) is 9.59 Å². The molecule has 5 heteroatoms. The Morgan fingerprint density at radius 1 is 1.23 bits per heavy atom. The smallest absolute Gasteiger partial charge is 0.341 e. The van der Waals surface area contributed by atoms with Crippen molar-refractivity contribution in [3.8, 4) is 5.75 Å². The maximum Gasteiger partial charge on any atom is 0.341 e. The summed E-state index contributed by atoms with van der Waals surface area (Å²) in [5.74, 6) is -0.556. The molecule has 0 unspecified atom stereocenters. The third-order valence-corrected chi connectivity index (χ3v) is 3.94. The number of hydrogen-bond acceptors (Lipinski definition) is 4. The van der Waals surface area contributed by atoms with Gasteiger partial charge in [0.25, 0.3) is 0 Å². The van der Waals surface area contributed by atoms with Gasteiger partial charge >= 0.3 is 5.97 Å². The van der Waals surface area contributed by atoms with Crippen molar-refractivity contribution in [2.45, 2.75) is 13.8 Å². The van der Waals surface area contributed by atoms with Gasteiger partial charge in [-0.1, -0.05) is 18.2 Å². The minimum Gasteiger partial charge on any atom is -0.482 e. The molecule has 1 heterocycles. The summed E-state index contributed by atoms with van der Waals surface area (Å²) in [6.45, 7) is 3.55. The fraction of sp³-hybridized carbons (Fsp3) is 0.176. The molecule has 0 bridgehead atoms. The SMILES string of the molecule is Cc1cc(C(=O)/C=C/c2ccc(OCC(=O)O)cc2)c(C)s1. The molecule has 1 aromatic carbocycles. The van der Waals surface area contributed by atoms with Crippen molar-refractivity contribution in [3.05, 3.63) is 57.3 Å². The summed E-state index contributed by atoms with van der Waals surface area (Å²) < 4.78 is 5.05. The zero-order chi connectivity index (χ0) is 16.1. The number of aryl methyl sites for hydroxylation is 2. The second-order valence-corrected chi connectivity index (χ2v) is 6.24. The van der Waals surface area contributed by atoms with E-state index in [4.69, 9.17) is 9.84 Å². The van der Waals surface area contributed by atoms with Gasteiger partial charge < -0.3 is 9.84 Å². The van der Waals surface area contributed by atoms with Crippen molar-refractivity contribution in [2.75, 3.05) is 6.61 Å². The molecule has 2 rings (SSSR count). The summed E-state index contributed by atoms with van der Waals surface area (Å²) in [6, 6.07) is 8.79. The number of benzene rings is 1. The molecule has 0 atom stereocenters. The Hall–Kier alpha value is -2.40. The van der Waals surface area contributed by atoms with E-state index >= 15 is 0 Å². The number of carboxylic acid groups (broad SMARTS) is 1. The van der Waals surface area contributed by atoms with E-state index in [2.05, 4.69) is 0 Å². The largest absolute Gasteiger partial charge is 0.482 e. The van der Waals surface area contributed by atoms with Gasteiger partial charge in [0.2, 0.25) is 0 Å². The van der Waals surface area contributed by atoms with E-state index < -0.39 is 5.97 Å². The van der Waals surface area contributed by atoms with Gasteiger partial charge in [-0.25, -0.2) is 4.79 Å². The van der Waals surface area contributed by atoms with Crippen LogP contribution in [0.15, 0.2) is 36.4 Å². The van der Waals surface area contributed by atoms with Crippen molar-refractivity contribution in [3.63, 3.8) is 0 Å². The summed E-state index contributed by atoms with van der Waals surface area (Å²) in [5.41, 5.74) is 1.58. The molecular formula is C17H16O4S. The molecule has 4 nitrogen and oxygen atoms in total. The molecule has 0 fully saturated rings. The van der Waals surface area contributed by atoms with Crippen LogP contribution in [0.2, 0.25) is 0 Å². The molecule has 2 aromatic rings. The van der Waals surface area contributed by atoms with Gasteiger partial charge in [0.05, 0.1) is 0 Å². The van der Waals surface area contributed by atoms with Crippen LogP contribution in [0.1, 0.15) is 25.7 Å². The molecule has 0 aliphatic heterocycles. The van der Waals surface area contributed by atoms with Crippen LogP contribution < -0.4 is 4.74 Å². The molecule has 0 spiro atoms. The highest BCUT2D eigenvalue weighted by molar-refractivity contribution is 7.12. The first kappa shape index (κ1) is 16.0.